The lowest BCUT2D eigenvalue weighted by Gasteiger charge is -2.10. The first kappa shape index (κ1) is 19.0. The minimum Gasteiger partial charge on any atom is -0.376 e. The molecule has 0 aliphatic carbocycles. The average molecular weight is 319 g/mol. The van der Waals surface area contributed by atoms with E-state index in [-0.39, 0.29) is 18.4 Å². The Morgan fingerprint density at radius 1 is 0.957 bits per heavy atom. The van der Waals surface area contributed by atoms with Crippen molar-refractivity contribution in [1.29, 1.82) is 0 Å². The van der Waals surface area contributed by atoms with Crippen molar-refractivity contribution in [1.82, 2.24) is 5.32 Å². The first-order valence-electron chi connectivity index (χ1n) is 8.56. The van der Waals surface area contributed by atoms with Crippen molar-refractivity contribution in [2.24, 2.45) is 0 Å². The van der Waals surface area contributed by atoms with E-state index in [1.165, 1.54) is 0 Å². The standard InChI is InChI=1S/C18H29N3O2/c1-3-5-7-11-17(22)21-16-10-8-9-15(13-16)20-14-18(23)19-12-6-4-2/h8-10,13,20H,3-7,11-12,14H2,1-2H3,(H,19,23)(H,21,22). The van der Waals surface area contributed by atoms with E-state index in [4.69, 9.17) is 0 Å². The van der Waals surface area contributed by atoms with Crippen LogP contribution in [0, 0.1) is 0 Å². The largest absolute Gasteiger partial charge is 0.376 e. The molecule has 1 aromatic carbocycles. The van der Waals surface area contributed by atoms with Crippen molar-refractivity contribution >= 4 is 23.2 Å². The fourth-order valence-electron chi connectivity index (χ4n) is 2.12. The van der Waals surface area contributed by atoms with Gasteiger partial charge in [-0.15, -0.1) is 0 Å². The molecule has 0 bridgehead atoms. The zero-order chi connectivity index (χ0) is 16.9. The van der Waals surface area contributed by atoms with Crippen LogP contribution in [0.3, 0.4) is 0 Å². The van der Waals surface area contributed by atoms with Gasteiger partial charge in [0.2, 0.25) is 11.8 Å². The van der Waals surface area contributed by atoms with E-state index in [0.29, 0.717) is 13.0 Å². The van der Waals surface area contributed by atoms with E-state index in [9.17, 15) is 9.59 Å². The molecule has 0 saturated carbocycles. The normalized spacial score (nSPS) is 10.2. The fourth-order valence-corrected chi connectivity index (χ4v) is 2.12. The van der Waals surface area contributed by atoms with Crippen LogP contribution in [0.15, 0.2) is 24.3 Å². The van der Waals surface area contributed by atoms with Crippen LogP contribution in [-0.4, -0.2) is 24.9 Å². The third-order valence-electron chi connectivity index (χ3n) is 3.46. The van der Waals surface area contributed by atoms with Crippen LogP contribution in [-0.2, 0) is 9.59 Å². The molecule has 0 atom stereocenters. The number of hydrogen-bond donors (Lipinski definition) is 3. The van der Waals surface area contributed by atoms with Crippen LogP contribution in [0.1, 0.15) is 52.4 Å². The van der Waals surface area contributed by atoms with Gasteiger partial charge in [-0.3, -0.25) is 9.59 Å². The molecule has 2 amide bonds. The number of nitrogens with one attached hydrogen (secondary N) is 3. The predicted octanol–water partition coefficient (Wildman–Crippen LogP) is 3.53. The molecule has 5 heteroatoms. The summed E-state index contributed by atoms with van der Waals surface area (Å²) < 4.78 is 0. The van der Waals surface area contributed by atoms with Crippen LogP contribution in [0.4, 0.5) is 11.4 Å². The number of carbonyl (C=O) groups excluding carboxylic acids is 2. The second-order valence-electron chi connectivity index (χ2n) is 5.64. The Balaban J connectivity index is 2.38. The first-order valence-corrected chi connectivity index (χ1v) is 8.56. The summed E-state index contributed by atoms with van der Waals surface area (Å²) in [7, 11) is 0. The molecular formula is C18H29N3O2. The van der Waals surface area contributed by atoms with Gasteiger partial charge in [-0.1, -0.05) is 39.2 Å². The molecule has 0 aliphatic heterocycles. The molecular weight excluding hydrogens is 290 g/mol. The van der Waals surface area contributed by atoms with Gasteiger partial charge in [0, 0.05) is 24.3 Å². The minimum absolute atomic E-state index is 0.0209. The smallest absolute Gasteiger partial charge is 0.239 e. The number of amides is 2. The van der Waals surface area contributed by atoms with E-state index < -0.39 is 0 Å². The molecule has 23 heavy (non-hydrogen) atoms. The predicted molar refractivity (Wildman–Crippen MR) is 95.6 cm³/mol. The lowest BCUT2D eigenvalue weighted by atomic mass is 10.2. The summed E-state index contributed by atoms with van der Waals surface area (Å²) in [5.74, 6) is 0.0142. The number of hydrogen-bond acceptors (Lipinski definition) is 3. The van der Waals surface area contributed by atoms with Gasteiger partial charge in [-0.05, 0) is 31.0 Å². The molecule has 0 aliphatic rings. The minimum atomic E-state index is -0.0209. The average Bonchev–Trinajstić information content (AvgIpc) is 2.54. The Kier molecular flexibility index (Phi) is 9.52. The summed E-state index contributed by atoms with van der Waals surface area (Å²) in [6.07, 6.45) is 5.69. The summed E-state index contributed by atoms with van der Waals surface area (Å²) in [6, 6.07) is 7.44. The topological polar surface area (TPSA) is 70.2 Å². The second kappa shape index (κ2) is 11.5. The Bertz CT molecular complexity index is 489. The van der Waals surface area contributed by atoms with E-state index >= 15 is 0 Å². The Morgan fingerprint density at radius 2 is 1.70 bits per heavy atom. The highest BCUT2D eigenvalue weighted by atomic mass is 16.2. The van der Waals surface area contributed by atoms with Crippen molar-refractivity contribution in [3.8, 4) is 0 Å². The lowest BCUT2D eigenvalue weighted by Crippen LogP contribution is -2.30. The number of unbranched alkanes of at least 4 members (excludes halogenated alkanes) is 3. The molecule has 0 aromatic heterocycles. The van der Waals surface area contributed by atoms with E-state index in [2.05, 4.69) is 29.8 Å². The molecule has 5 nitrogen and oxygen atoms in total. The van der Waals surface area contributed by atoms with Gasteiger partial charge in [0.25, 0.3) is 0 Å². The summed E-state index contributed by atoms with van der Waals surface area (Å²) >= 11 is 0. The molecule has 0 unspecified atom stereocenters. The van der Waals surface area contributed by atoms with Gasteiger partial charge in [-0.25, -0.2) is 0 Å². The lowest BCUT2D eigenvalue weighted by molar-refractivity contribution is -0.119. The van der Waals surface area contributed by atoms with Gasteiger partial charge in [-0.2, -0.15) is 0 Å². The van der Waals surface area contributed by atoms with Crippen molar-refractivity contribution < 1.29 is 9.59 Å². The summed E-state index contributed by atoms with van der Waals surface area (Å²) in [5.41, 5.74) is 1.57. The van der Waals surface area contributed by atoms with Gasteiger partial charge in [0.15, 0.2) is 0 Å². The van der Waals surface area contributed by atoms with Crippen LogP contribution in [0.25, 0.3) is 0 Å². The van der Waals surface area contributed by atoms with E-state index in [1.54, 1.807) is 0 Å². The second-order valence-corrected chi connectivity index (χ2v) is 5.64. The molecule has 128 valence electrons. The van der Waals surface area contributed by atoms with Gasteiger partial charge >= 0.3 is 0 Å². The Hall–Kier alpha value is -2.04. The quantitative estimate of drug-likeness (QED) is 0.546. The highest BCUT2D eigenvalue weighted by molar-refractivity contribution is 5.91. The third kappa shape index (κ3) is 8.86. The van der Waals surface area contributed by atoms with Crippen molar-refractivity contribution in [2.45, 2.75) is 52.4 Å². The first-order chi connectivity index (χ1) is 11.2. The van der Waals surface area contributed by atoms with Gasteiger partial charge < -0.3 is 16.0 Å². The number of rotatable bonds is 11. The monoisotopic (exact) mass is 319 g/mol. The zero-order valence-electron chi connectivity index (χ0n) is 14.3. The van der Waals surface area contributed by atoms with Crippen molar-refractivity contribution in [2.75, 3.05) is 23.7 Å². The van der Waals surface area contributed by atoms with E-state index in [0.717, 1.165) is 43.5 Å². The molecule has 3 N–H and O–H groups in total. The van der Waals surface area contributed by atoms with Crippen LogP contribution in [0.5, 0.6) is 0 Å². The van der Waals surface area contributed by atoms with Crippen LogP contribution >= 0.6 is 0 Å². The molecule has 1 rings (SSSR count). The summed E-state index contributed by atoms with van der Waals surface area (Å²) in [5, 5.41) is 8.82. The third-order valence-corrected chi connectivity index (χ3v) is 3.46. The van der Waals surface area contributed by atoms with Gasteiger partial charge in [0.1, 0.15) is 0 Å². The van der Waals surface area contributed by atoms with Crippen LogP contribution in [0.2, 0.25) is 0 Å². The Morgan fingerprint density at radius 3 is 2.43 bits per heavy atom. The maximum Gasteiger partial charge on any atom is 0.239 e. The number of benzene rings is 1. The number of carbonyl (C=O) groups is 2. The van der Waals surface area contributed by atoms with Crippen molar-refractivity contribution in [3.63, 3.8) is 0 Å². The summed E-state index contributed by atoms with van der Waals surface area (Å²) in [6.45, 7) is 5.15. The molecule has 0 fully saturated rings. The molecule has 1 aromatic rings. The summed E-state index contributed by atoms with van der Waals surface area (Å²) in [4.78, 5) is 23.5. The van der Waals surface area contributed by atoms with Crippen LogP contribution < -0.4 is 16.0 Å². The van der Waals surface area contributed by atoms with Crippen molar-refractivity contribution in [3.05, 3.63) is 24.3 Å². The maximum atomic E-state index is 11.8. The molecule has 0 saturated heterocycles. The SMILES string of the molecule is CCCCCC(=O)Nc1cccc(NCC(=O)NCCCC)c1. The molecule has 0 heterocycles. The fraction of sp³-hybridized carbons (Fsp3) is 0.556. The highest BCUT2D eigenvalue weighted by Crippen LogP contribution is 2.15. The van der Waals surface area contributed by atoms with E-state index in [1.807, 2.05) is 24.3 Å². The highest BCUT2D eigenvalue weighted by Gasteiger charge is 2.04. The molecule has 0 radical (unpaired) electrons. The Labute approximate surface area is 139 Å². The number of anilines is 2. The zero-order valence-corrected chi connectivity index (χ0v) is 14.3. The maximum absolute atomic E-state index is 11.8. The molecule has 0 spiro atoms. The van der Waals surface area contributed by atoms with Gasteiger partial charge in [0.05, 0.1) is 6.54 Å².